The number of carboxylic acid groups (broad SMARTS) is 1. The molecule has 1 aromatic rings. The number of ether oxygens (including phenoxy) is 3. The van der Waals surface area contributed by atoms with Crippen molar-refractivity contribution in [2.45, 2.75) is 84.7 Å². The van der Waals surface area contributed by atoms with Gasteiger partial charge in [0.1, 0.15) is 6.10 Å². The number of carbonyl (C=O) groups excluding carboxylic acids is 2. The van der Waals surface area contributed by atoms with E-state index < -0.39 is 5.97 Å². The highest BCUT2D eigenvalue weighted by Gasteiger charge is 2.59. The predicted molar refractivity (Wildman–Crippen MR) is 153 cm³/mol. The molecule has 218 valence electrons. The molecule has 4 aliphatic carbocycles. The van der Waals surface area contributed by atoms with Gasteiger partial charge >= 0.3 is 11.9 Å². The monoisotopic (exact) mass is 552 g/mol. The van der Waals surface area contributed by atoms with Crippen LogP contribution in [0.1, 0.15) is 84.1 Å². The minimum absolute atomic E-state index is 0.0411. The number of methoxy groups -OCH3 is 2. The average Bonchev–Trinajstić information content (AvgIpc) is 3.28. The summed E-state index contributed by atoms with van der Waals surface area (Å²) in [5.74, 6) is 2.62. The van der Waals surface area contributed by atoms with E-state index in [1.165, 1.54) is 38.0 Å². The highest BCUT2D eigenvalue weighted by atomic mass is 16.5. The van der Waals surface area contributed by atoms with Gasteiger partial charge in [0.05, 0.1) is 14.2 Å². The van der Waals surface area contributed by atoms with Crippen molar-refractivity contribution in [2.24, 2.45) is 28.6 Å². The van der Waals surface area contributed by atoms with Crippen molar-refractivity contribution in [3.05, 3.63) is 41.5 Å². The molecule has 0 bridgehead atoms. The molecule has 0 aromatic heterocycles. The minimum atomic E-state index is -0.982. The van der Waals surface area contributed by atoms with Crippen LogP contribution in [-0.2, 0) is 19.1 Å². The van der Waals surface area contributed by atoms with Crippen molar-refractivity contribution in [3.8, 4) is 11.5 Å². The van der Waals surface area contributed by atoms with Crippen LogP contribution in [0.5, 0.6) is 11.5 Å². The van der Waals surface area contributed by atoms with Gasteiger partial charge < -0.3 is 19.3 Å². The Morgan fingerprint density at radius 2 is 1.75 bits per heavy atom. The molecule has 3 fully saturated rings. The molecule has 4 aliphatic rings. The smallest absolute Gasteiger partial charge is 0.328 e. The summed E-state index contributed by atoms with van der Waals surface area (Å²) in [6.45, 7) is 6.69. The molecule has 40 heavy (non-hydrogen) atoms. The Morgan fingerprint density at radius 1 is 1.00 bits per heavy atom. The van der Waals surface area contributed by atoms with Gasteiger partial charge in [0.2, 0.25) is 0 Å². The van der Waals surface area contributed by atoms with Crippen molar-refractivity contribution in [1.29, 1.82) is 0 Å². The highest BCUT2D eigenvalue weighted by Crippen LogP contribution is 2.65. The Hall–Kier alpha value is -3.09. The van der Waals surface area contributed by atoms with Crippen LogP contribution in [-0.4, -0.2) is 43.2 Å². The lowest BCUT2D eigenvalue weighted by atomic mass is 9.47. The van der Waals surface area contributed by atoms with Crippen LogP contribution in [0.15, 0.2) is 35.9 Å². The second-order valence-corrected chi connectivity index (χ2v) is 12.2. The second-order valence-electron chi connectivity index (χ2n) is 12.2. The van der Waals surface area contributed by atoms with E-state index in [0.717, 1.165) is 49.7 Å². The first-order valence-electron chi connectivity index (χ1n) is 14.6. The Balaban J connectivity index is 0.000000212. The van der Waals surface area contributed by atoms with Crippen LogP contribution in [0.25, 0.3) is 6.08 Å². The first-order chi connectivity index (χ1) is 19.0. The van der Waals surface area contributed by atoms with Crippen LogP contribution in [0.4, 0.5) is 0 Å². The molecule has 0 aliphatic heterocycles. The number of esters is 1. The van der Waals surface area contributed by atoms with Gasteiger partial charge in [-0.3, -0.25) is 9.59 Å². The Labute approximate surface area is 238 Å². The molecule has 6 unspecified atom stereocenters. The molecule has 0 radical (unpaired) electrons. The van der Waals surface area contributed by atoms with Gasteiger partial charge in [0.25, 0.3) is 0 Å². The normalized spacial score (nSPS) is 32.5. The third kappa shape index (κ3) is 5.84. The zero-order chi connectivity index (χ0) is 29.1. The molecule has 0 spiro atoms. The van der Waals surface area contributed by atoms with Gasteiger partial charge in [-0.25, -0.2) is 4.79 Å². The molecule has 7 nitrogen and oxygen atoms in total. The zero-order valence-electron chi connectivity index (χ0n) is 24.5. The third-order valence-electron chi connectivity index (χ3n) is 10.3. The topological polar surface area (TPSA) is 99.1 Å². The van der Waals surface area contributed by atoms with Crippen molar-refractivity contribution in [3.63, 3.8) is 0 Å². The second kappa shape index (κ2) is 12.2. The van der Waals surface area contributed by atoms with E-state index in [0.29, 0.717) is 35.5 Å². The van der Waals surface area contributed by atoms with Gasteiger partial charge in [-0.05, 0) is 98.0 Å². The summed E-state index contributed by atoms with van der Waals surface area (Å²) in [6, 6.07) is 5.18. The van der Waals surface area contributed by atoms with E-state index in [2.05, 4.69) is 13.8 Å². The summed E-state index contributed by atoms with van der Waals surface area (Å²) >= 11 is 0. The molecule has 0 heterocycles. The highest BCUT2D eigenvalue weighted by molar-refractivity contribution is 5.91. The molecule has 6 atom stereocenters. The standard InChI is InChI=1S/C22H32O3.C11H12O4/c1-4-20(24)25-19-8-7-17-16-6-5-14-13-15(23)9-11-21(14,2)18(16)10-12-22(17,19)3;1-14-9-5-3-8(4-6-11(12)13)7-10(9)15-2/h13,16-19H,4-12H2,1-3H3;3-7H,1-2H3,(H,12,13). The summed E-state index contributed by atoms with van der Waals surface area (Å²) in [6.07, 6.45) is 13.8. The van der Waals surface area contributed by atoms with E-state index >= 15 is 0 Å². The van der Waals surface area contributed by atoms with Crippen molar-refractivity contribution >= 4 is 23.8 Å². The molecule has 7 heteroatoms. The fourth-order valence-corrected chi connectivity index (χ4v) is 8.07. The van der Waals surface area contributed by atoms with Crippen LogP contribution in [0.2, 0.25) is 0 Å². The molecule has 3 saturated carbocycles. The number of ketones is 1. The van der Waals surface area contributed by atoms with Crippen molar-refractivity contribution < 1.29 is 33.7 Å². The van der Waals surface area contributed by atoms with Gasteiger partial charge in [0.15, 0.2) is 17.3 Å². The predicted octanol–water partition coefficient (Wildman–Crippen LogP) is 6.64. The molecule has 5 rings (SSSR count). The Morgan fingerprint density at radius 3 is 2.42 bits per heavy atom. The fraction of sp³-hybridized carbons (Fsp3) is 0.606. The average molecular weight is 553 g/mol. The molecular formula is C33H44O7. The van der Waals surface area contributed by atoms with Crippen LogP contribution >= 0.6 is 0 Å². The number of rotatable bonds is 6. The van der Waals surface area contributed by atoms with E-state index in [-0.39, 0.29) is 22.9 Å². The molecule has 0 saturated heterocycles. The van der Waals surface area contributed by atoms with Crippen LogP contribution in [0, 0.1) is 28.6 Å². The summed E-state index contributed by atoms with van der Waals surface area (Å²) < 4.78 is 16.0. The largest absolute Gasteiger partial charge is 0.493 e. The first kappa shape index (κ1) is 29.9. The summed E-state index contributed by atoms with van der Waals surface area (Å²) in [5, 5.41) is 8.46. The molecule has 1 aromatic carbocycles. The maximum Gasteiger partial charge on any atom is 0.328 e. The Bertz CT molecular complexity index is 1180. The summed E-state index contributed by atoms with van der Waals surface area (Å²) in [4.78, 5) is 34.1. The van der Waals surface area contributed by atoms with E-state index in [1.54, 1.807) is 25.3 Å². The van der Waals surface area contributed by atoms with Gasteiger partial charge in [0, 0.05) is 24.3 Å². The molecular weight excluding hydrogens is 508 g/mol. The van der Waals surface area contributed by atoms with Gasteiger partial charge in [-0.2, -0.15) is 0 Å². The number of hydrogen-bond donors (Lipinski definition) is 1. The number of carboxylic acids is 1. The lowest BCUT2D eigenvalue weighted by Crippen LogP contribution is -2.51. The van der Waals surface area contributed by atoms with Gasteiger partial charge in [-0.15, -0.1) is 0 Å². The van der Waals surface area contributed by atoms with Crippen LogP contribution < -0.4 is 9.47 Å². The number of allylic oxidation sites excluding steroid dienone is 1. The lowest BCUT2D eigenvalue weighted by molar-refractivity contribution is -0.159. The molecule has 0 amide bonds. The maximum absolute atomic E-state index is 11.9. The van der Waals surface area contributed by atoms with E-state index in [9.17, 15) is 14.4 Å². The number of carbonyl (C=O) groups is 3. The maximum atomic E-state index is 11.9. The minimum Gasteiger partial charge on any atom is -0.493 e. The number of aliphatic carboxylic acids is 1. The zero-order valence-corrected chi connectivity index (χ0v) is 24.5. The van der Waals surface area contributed by atoms with Crippen molar-refractivity contribution in [1.82, 2.24) is 0 Å². The molecule has 1 N–H and O–H groups in total. The SMILES string of the molecule is CCC(=O)OC1CCC2C3CCC4=CC(=O)CCC4(C)C3CCC12C.COc1ccc(C=CC(=O)O)cc1OC. The Kier molecular flexibility index (Phi) is 9.11. The number of fused-ring (bicyclic) bond motifs is 5. The van der Waals surface area contributed by atoms with Crippen molar-refractivity contribution in [2.75, 3.05) is 14.2 Å². The fourth-order valence-electron chi connectivity index (χ4n) is 8.07. The van der Waals surface area contributed by atoms with E-state index in [1.807, 2.05) is 13.0 Å². The first-order valence-corrected chi connectivity index (χ1v) is 14.6. The van der Waals surface area contributed by atoms with Crippen LogP contribution in [0.3, 0.4) is 0 Å². The summed E-state index contributed by atoms with van der Waals surface area (Å²) in [5.41, 5.74) is 2.57. The lowest BCUT2D eigenvalue weighted by Gasteiger charge is -2.57. The number of benzene rings is 1. The van der Waals surface area contributed by atoms with Gasteiger partial charge in [-0.1, -0.05) is 32.4 Å². The summed E-state index contributed by atoms with van der Waals surface area (Å²) in [7, 11) is 3.08. The van der Waals surface area contributed by atoms with E-state index in [4.69, 9.17) is 19.3 Å². The number of hydrogen-bond acceptors (Lipinski definition) is 6. The third-order valence-corrected chi connectivity index (χ3v) is 10.3. The quantitative estimate of drug-likeness (QED) is 0.312.